The van der Waals surface area contributed by atoms with Gasteiger partial charge in [-0.25, -0.2) is 4.98 Å². The normalized spacial score (nSPS) is 23.2. The van der Waals surface area contributed by atoms with Gasteiger partial charge in [-0.2, -0.15) is 0 Å². The third-order valence-electron chi connectivity index (χ3n) is 5.09. The molecule has 2 amide bonds. The van der Waals surface area contributed by atoms with Crippen LogP contribution in [0.2, 0.25) is 0 Å². The maximum atomic E-state index is 12.7. The number of hydrogen-bond acceptors (Lipinski definition) is 4. The summed E-state index contributed by atoms with van der Waals surface area (Å²) in [4.78, 5) is 33.9. The number of amides is 2. The van der Waals surface area contributed by atoms with Crippen molar-refractivity contribution in [3.05, 3.63) is 18.2 Å². The second-order valence-corrected chi connectivity index (χ2v) is 6.90. The standard InChI is InChI=1S/C17H27N5O2/c18-14(9-13-10-19-11-20-13)17(24)22-8-4-7-15(22)16(23)21-12-5-2-1-3-6-12/h10-12,14-15H,1-9,18H2,(H,19,20)(H,21,23)/t14-,15-/m0/s1. The van der Waals surface area contributed by atoms with Crippen LogP contribution in [0.15, 0.2) is 12.5 Å². The van der Waals surface area contributed by atoms with Gasteiger partial charge in [0.2, 0.25) is 11.8 Å². The van der Waals surface area contributed by atoms with Crippen LogP contribution in [0.3, 0.4) is 0 Å². The Bertz CT molecular complexity index is 553. The number of H-pyrrole nitrogens is 1. The molecule has 7 nitrogen and oxygen atoms in total. The molecule has 7 heteroatoms. The number of nitrogens with two attached hydrogens (primary N) is 1. The molecule has 1 aromatic rings. The Balaban J connectivity index is 1.57. The van der Waals surface area contributed by atoms with Crippen molar-refractivity contribution in [1.82, 2.24) is 20.2 Å². The molecule has 2 heterocycles. The van der Waals surface area contributed by atoms with Gasteiger partial charge in [-0.1, -0.05) is 19.3 Å². The zero-order chi connectivity index (χ0) is 16.9. The lowest BCUT2D eigenvalue weighted by molar-refractivity contribution is -0.139. The molecule has 0 spiro atoms. The van der Waals surface area contributed by atoms with E-state index in [2.05, 4.69) is 15.3 Å². The average molecular weight is 333 g/mol. The quantitative estimate of drug-likeness (QED) is 0.738. The van der Waals surface area contributed by atoms with Crippen molar-refractivity contribution in [2.45, 2.75) is 69.5 Å². The number of hydrogen-bond donors (Lipinski definition) is 3. The highest BCUT2D eigenvalue weighted by Crippen LogP contribution is 2.21. The summed E-state index contributed by atoms with van der Waals surface area (Å²) in [5, 5.41) is 3.14. The number of aromatic amines is 1. The number of aromatic nitrogens is 2. The van der Waals surface area contributed by atoms with Gasteiger partial charge in [-0.15, -0.1) is 0 Å². The molecule has 2 atom stereocenters. The molecule has 2 fully saturated rings. The van der Waals surface area contributed by atoms with E-state index in [4.69, 9.17) is 5.73 Å². The van der Waals surface area contributed by atoms with Gasteiger partial charge in [0.15, 0.2) is 0 Å². The van der Waals surface area contributed by atoms with Gasteiger partial charge in [-0.3, -0.25) is 9.59 Å². The minimum absolute atomic E-state index is 0.0141. The first kappa shape index (κ1) is 17.0. The number of rotatable bonds is 5. The zero-order valence-electron chi connectivity index (χ0n) is 14.0. The number of likely N-dealkylation sites (tertiary alicyclic amines) is 1. The number of carbonyl (C=O) groups is 2. The van der Waals surface area contributed by atoms with Crippen LogP contribution >= 0.6 is 0 Å². The summed E-state index contributed by atoms with van der Waals surface area (Å²) in [5.74, 6) is -0.168. The Morgan fingerprint density at radius 3 is 2.79 bits per heavy atom. The maximum Gasteiger partial charge on any atom is 0.243 e. The van der Waals surface area contributed by atoms with Crippen molar-refractivity contribution < 1.29 is 9.59 Å². The van der Waals surface area contributed by atoms with Gasteiger partial charge in [0, 0.05) is 25.2 Å². The highest BCUT2D eigenvalue weighted by Gasteiger charge is 2.36. The van der Waals surface area contributed by atoms with E-state index in [1.807, 2.05) is 0 Å². The monoisotopic (exact) mass is 333 g/mol. The second-order valence-electron chi connectivity index (χ2n) is 6.90. The highest BCUT2D eigenvalue weighted by atomic mass is 16.2. The zero-order valence-corrected chi connectivity index (χ0v) is 14.0. The molecule has 3 rings (SSSR count). The van der Waals surface area contributed by atoms with Gasteiger partial charge in [0.05, 0.1) is 18.1 Å². The summed E-state index contributed by atoms with van der Waals surface area (Å²) in [6, 6.07) is -0.762. The number of nitrogens with one attached hydrogen (secondary N) is 2. The number of carbonyl (C=O) groups excluding carboxylic acids is 2. The average Bonchev–Trinajstić information content (AvgIpc) is 3.26. The Hall–Kier alpha value is -1.89. The molecule has 0 bridgehead atoms. The second kappa shape index (κ2) is 7.79. The molecule has 1 saturated heterocycles. The molecule has 4 N–H and O–H groups in total. The summed E-state index contributed by atoms with van der Waals surface area (Å²) in [6.45, 7) is 0.607. The summed E-state index contributed by atoms with van der Waals surface area (Å²) < 4.78 is 0. The first-order valence-corrected chi connectivity index (χ1v) is 8.99. The van der Waals surface area contributed by atoms with Crippen LogP contribution in [0.1, 0.15) is 50.6 Å². The lowest BCUT2D eigenvalue weighted by Crippen LogP contribution is -2.53. The van der Waals surface area contributed by atoms with E-state index in [0.717, 1.165) is 31.4 Å². The van der Waals surface area contributed by atoms with E-state index >= 15 is 0 Å². The third kappa shape index (κ3) is 3.95. The first-order chi connectivity index (χ1) is 11.6. The van der Waals surface area contributed by atoms with Crippen LogP contribution in [-0.2, 0) is 16.0 Å². The van der Waals surface area contributed by atoms with E-state index in [-0.39, 0.29) is 23.9 Å². The first-order valence-electron chi connectivity index (χ1n) is 8.99. The summed E-state index contributed by atoms with van der Waals surface area (Å²) in [6.07, 6.45) is 11.0. The van der Waals surface area contributed by atoms with E-state index in [1.165, 1.54) is 19.3 Å². The van der Waals surface area contributed by atoms with Crippen LogP contribution in [0.4, 0.5) is 0 Å². The van der Waals surface area contributed by atoms with Crippen molar-refractivity contribution in [3.8, 4) is 0 Å². The molecule has 1 aliphatic heterocycles. The van der Waals surface area contributed by atoms with Crippen LogP contribution < -0.4 is 11.1 Å². The molecule has 1 saturated carbocycles. The Kier molecular flexibility index (Phi) is 5.50. The third-order valence-corrected chi connectivity index (χ3v) is 5.09. The van der Waals surface area contributed by atoms with Gasteiger partial charge in [0.1, 0.15) is 6.04 Å². The Morgan fingerprint density at radius 2 is 2.08 bits per heavy atom. The molecule has 2 aliphatic rings. The van der Waals surface area contributed by atoms with E-state index < -0.39 is 6.04 Å². The van der Waals surface area contributed by atoms with Gasteiger partial charge in [-0.05, 0) is 25.7 Å². The summed E-state index contributed by atoms with van der Waals surface area (Å²) >= 11 is 0. The van der Waals surface area contributed by atoms with Crippen LogP contribution in [-0.4, -0.2) is 51.4 Å². The Morgan fingerprint density at radius 1 is 1.29 bits per heavy atom. The van der Waals surface area contributed by atoms with Gasteiger partial charge in [0.25, 0.3) is 0 Å². The van der Waals surface area contributed by atoms with Crippen LogP contribution in [0.5, 0.6) is 0 Å². The number of imidazole rings is 1. The fraction of sp³-hybridized carbons (Fsp3) is 0.706. The largest absolute Gasteiger partial charge is 0.352 e. The van der Waals surface area contributed by atoms with E-state index in [9.17, 15) is 9.59 Å². The SMILES string of the molecule is N[C@@H](Cc1c[nH]cn1)C(=O)N1CCC[C@H]1C(=O)NC1CCCCC1. The van der Waals surface area contributed by atoms with Crippen LogP contribution in [0, 0.1) is 0 Å². The smallest absolute Gasteiger partial charge is 0.243 e. The maximum absolute atomic E-state index is 12.7. The van der Waals surface area contributed by atoms with Crippen molar-refractivity contribution in [1.29, 1.82) is 0 Å². The molecular weight excluding hydrogens is 306 g/mol. The Labute approximate surface area is 142 Å². The van der Waals surface area contributed by atoms with E-state index in [1.54, 1.807) is 17.4 Å². The summed E-state index contributed by atoms with van der Waals surface area (Å²) in [5.41, 5.74) is 6.82. The predicted molar refractivity (Wildman–Crippen MR) is 90.0 cm³/mol. The predicted octanol–water partition coefficient (Wildman–Crippen LogP) is 0.719. The topological polar surface area (TPSA) is 104 Å². The van der Waals surface area contributed by atoms with Crippen molar-refractivity contribution >= 4 is 11.8 Å². The molecular formula is C17H27N5O2. The minimum atomic E-state index is -0.656. The highest BCUT2D eigenvalue weighted by molar-refractivity contribution is 5.90. The minimum Gasteiger partial charge on any atom is -0.352 e. The van der Waals surface area contributed by atoms with E-state index in [0.29, 0.717) is 13.0 Å². The van der Waals surface area contributed by atoms with Crippen molar-refractivity contribution in [3.63, 3.8) is 0 Å². The lowest BCUT2D eigenvalue weighted by atomic mass is 9.95. The molecule has 1 aromatic heterocycles. The molecule has 132 valence electrons. The van der Waals surface area contributed by atoms with Gasteiger partial charge >= 0.3 is 0 Å². The molecule has 0 aromatic carbocycles. The van der Waals surface area contributed by atoms with Gasteiger partial charge < -0.3 is 20.9 Å². The number of nitrogens with zero attached hydrogens (tertiary/aromatic N) is 2. The molecule has 0 radical (unpaired) electrons. The van der Waals surface area contributed by atoms with Crippen molar-refractivity contribution in [2.75, 3.05) is 6.54 Å². The lowest BCUT2D eigenvalue weighted by Gasteiger charge is -2.29. The molecule has 1 aliphatic carbocycles. The van der Waals surface area contributed by atoms with Crippen molar-refractivity contribution in [2.24, 2.45) is 5.73 Å². The summed E-state index contributed by atoms with van der Waals surface area (Å²) in [7, 11) is 0. The van der Waals surface area contributed by atoms with Crippen LogP contribution in [0.25, 0.3) is 0 Å². The molecule has 24 heavy (non-hydrogen) atoms. The fourth-order valence-corrected chi connectivity index (χ4v) is 3.78. The fourth-order valence-electron chi connectivity index (χ4n) is 3.78. The molecule has 0 unspecified atom stereocenters.